The Bertz CT molecular complexity index is 1540. The van der Waals surface area contributed by atoms with Gasteiger partial charge in [0.05, 0.1) is 24.4 Å². The molecule has 2 N–H and O–H groups in total. The van der Waals surface area contributed by atoms with Gasteiger partial charge in [0.25, 0.3) is 5.91 Å². The molecule has 1 unspecified atom stereocenters. The first kappa shape index (κ1) is 25.4. The van der Waals surface area contributed by atoms with E-state index >= 15 is 0 Å². The van der Waals surface area contributed by atoms with Crippen LogP contribution in [-0.2, 0) is 10.3 Å². The van der Waals surface area contributed by atoms with Gasteiger partial charge in [-0.3, -0.25) is 4.79 Å². The maximum atomic E-state index is 13.4. The smallest absolute Gasteiger partial charge is 0.254 e. The molecule has 2 aliphatic heterocycles. The van der Waals surface area contributed by atoms with Gasteiger partial charge in [-0.05, 0) is 80.1 Å². The summed E-state index contributed by atoms with van der Waals surface area (Å²) in [5.41, 5.74) is 14.1. The van der Waals surface area contributed by atoms with E-state index in [4.69, 9.17) is 15.5 Å². The number of amides is 1. The van der Waals surface area contributed by atoms with Gasteiger partial charge in [-0.2, -0.15) is 0 Å². The third-order valence-corrected chi connectivity index (χ3v) is 8.29. The predicted molar refractivity (Wildman–Crippen MR) is 158 cm³/mol. The number of pyridine rings is 1. The molecule has 2 saturated heterocycles. The number of nitrogen functional groups attached to an aromatic ring is 1. The second-order valence-corrected chi connectivity index (χ2v) is 11.2. The fourth-order valence-corrected chi connectivity index (χ4v) is 6.07. The van der Waals surface area contributed by atoms with E-state index in [1.165, 1.54) is 5.56 Å². The van der Waals surface area contributed by atoms with Crippen molar-refractivity contribution in [2.75, 3.05) is 43.4 Å². The highest BCUT2D eigenvalue weighted by Crippen LogP contribution is 2.37. The molecular weight excluding hydrogens is 484 g/mol. The first-order valence-electron chi connectivity index (χ1n) is 13.9. The minimum atomic E-state index is -0.443. The summed E-state index contributed by atoms with van der Waals surface area (Å²) < 4.78 is 6.30. The van der Waals surface area contributed by atoms with Gasteiger partial charge in [0.2, 0.25) is 0 Å². The molecule has 2 aliphatic rings. The summed E-state index contributed by atoms with van der Waals surface area (Å²) in [6.07, 6.45) is 2.15. The van der Waals surface area contributed by atoms with Crippen molar-refractivity contribution in [3.05, 3.63) is 89.0 Å². The quantitative estimate of drug-likeness (QED) is 0.353. The molecule has 6 heteroatoms. The van der Waals surface area contributed by atoms with Crippen LogP contribution in [0.25, 0.3) is 22.0 Å². The largest absolute Gasteiger partial charge is 0.382 e. The van der Waals surface area contributed by atoms with Crippen LogP contribution in [0.15, 0.2) is 66.7 Å². The number of carbonyl (C=O) groups excluding carboxylic acids is 1. The Kier molecular flexibility index (Phi) is 6.51. The van der Waals surface area contributed by atoms with Crippen molar-refractivity contribution in [1.82, 2.24) is 9.88 Å². The predicted octanol–water partition coefficient (Wildman–Crippen LogP) is 6.09. The maximum absolute atomic E-state index is 13.4. The number of carbonyl (C=O) groups is 1. The van der Waals surface area contributed by atoms with Gasteiger partial charge in [-0.1, -0.05) is 48.0 Å². The summed E-state index contributed by atoms with van der Waals surface area (Å²) in [6, 6.07) is 22.9. The molecule has 2 fully saturated rings. The molecule has 1 amide bonds. The Morgan fingerprint density at radius 2 is 1.74 bits per heavy atom. The van der Waals surface area contributed by atoms with Crippen LogP contribution < -0.4 is 10.6 Å². The summed E-state index contributed by atoms with van der Waals surface area (Å²) in [4.78, 5) is 22.5. The molecule has 200 valence electrons. The highest BCUT2D eigenvalue weighted by Gasteiger charge is 2.35. The van der Waals surface area contributed by atoms with Crippen molar-refractivity contribution in [3.63, 3.8) is 0 Å². The zero-order chi connectivity index (χ0) is 27.1. The second kappa shape index (κ2) is 10.0. The third kappa shape index (κ3) is 4.74. The van der Waals surface area contributed by atoms with Crippen molar-refractivity contribution in [1.29, 1.82) is 0 Å². The van der Waals surface area contributed by atoms with Gasteiger partial charge in [0.15, 0.2) is 0 Å². The van der Waals surface area contributed by atoms with E-state index in [1.54, 1.807) is 0 Å². The standard InChI is InChI=1S/C33H36N4O2/c1-22-9-12-26(13-10-22)33(3)21-37(17-18-39-33)29-20-25-19-24(11-14-28(25)35-31(29)34)30-23(2)7-6-8-27(30)32(38)36-15-4-5-16-36/h6-14,19-20H,4-5,15-18,21H2,1-3H3,(H2,34,35). The molecule has 6 rings (SSSR count). The van der Waals surface area contributed by atoms with Gasteiger partial charge in [0, 0.05) is 30.6 Å². The highest BCUT2D eigenvalue weighted by atomic mass is 16.5. The molecule has 0 radical (unpaired) electrons. The van der Waals surface area contributed by atoms with Crippen LogP contribution in [0.4, 0.5) is 11.5 Å². The summed E-state index contributed by atoms with van der Waals surface area (Å²) in [5, 5.41) is 1.00. The number of morpholine rings is 1. The van der Waals surface area contributed by atoms with E-state index in [-0.39, 0.29) is 5.91 Å². The molecule has 39 heavy (non-hydrogen) atoms. The lowest BCUT2D eigenvalue weighted by molar-refractivity contribution is -0.0465. The Morgan fingerprint density at radius 1 is 0.974 bits per heavy atom. The number of benzene rings is 3. The van der Waals surface area contributed by atoms with Crippen LogP contribution in [0, 0.1) is 13.8 Å². The summed E-state index contributed by atoms with van der Waals surface area (Å²) in [7, 11) is 0. The lowest BCUT2D eigenvalue weighted by Crippen LogP contribution is -2.48. The minimum absolute atomic E-state index is 0.117. The summed E-state index contributed by atoms with van der Waals surface area (Å²) >= 11 is 0. The molecule has 0 aliphatic carbocycles. The van der Waals surface area contributed by atoms with Crippen molar-refractivity contribution < 1.29 is 9.53 Å². The summed E-state index contributed by atoms with van der Waals surface area (Å²) in [6.45, 7) is 10.0. The van der Waals surface area contributed by atoms with Gasteiger partial charge in [0.1, 0.15) is 11.4 Å². The Morgan fingerprint density at radius 3 is 2.51 bits per heavy atom. The molecule has 3 heterocycles. The first-order valence-corrected chi connectivity index (χ1v) is 13.9. The number of ether oxygens (including phenoxy) is 1. The summed E-state index contributed by atoms with van der Waals surface area (Å²) in [5.74, 6) is 0.635. The lowest BCUT2D eigenvalue weighted by Gasteiger charge is -2.42. The fourth-order valence-electron chi connectivity index (χ4n) is 6.07. The van der Waals surface area contributed by atoms with Crippen molar-refractivity contribution in [3.8, 4) is 11.1 Å². The van der Waals surface area contributed by atoms with Gasteiger partial charge < -0.3 is 20.3 Å². The number of hydrogen-bond acceptors (Lipinski definition) is 5. The number of nitrogens with zero attached hydrogens (tertiary/aromatic N) is 3. The number of hydrogen-bond donors (Lipinski definition) is 1. The van der Waals surface area contributed by atoms with Crippen molar-refractivity contribution in [2.45, 2.75) is 39.2 Å². The fraction of sp³-hybridized carbons (Fsp3) is 0.333. The van der Waals surface area contributed by atoms with E-state index in [0.717, 1.165) is 76.9 Å². The number of aromatic nitrogens is 1. The molecule has 6 nitrogen and oxygen atoms in total. The average Bonchev–Trinajstić information content (AvgIpc) is 3.47. The normalized spacial score (nSPS) is 19.6. The Hall–Kier alpha value is -3.90. The SMILES string of the molecule is Cc1ccc(C2(C)CN(c3cc4cc(-c5c(C)cccc5C(=O)N5CCCC5)ccc4nc3N)CCO2)cc1. The lowest BCUT2D eigenvalue weighted by atomic mass is 9.92. The average molecular weight is 521 g/mol. The topological polar surface area (TPSA) is 71.7 Å². The molecule has 0 bridgehead atoms. The van der Waals surface area contributed by atoms with Crippen molar-refractivity contribution in [2.24, 2.45) is 0 Å². The Balaban J connectivity index is 1.37. The van der Waals surface area contributed by atoms with E-state index in [0.29, 0.717) is 19.0 Å². The molecule has 1 atom stereocenters. The monoisotopic (exact) mass is 520 g/mol. The molecule has 3 aromatic carbocycles. The highest BCUT2D eigenvalue weighted by molar-refractivity contribution is 6.03. The van der Waals surface area contributed by atoms with Crippen LogP contribution in [0.1, 0.15) is 46.8 Å². The number of anilines is 2. The molecular formula is C33H36N4O2. The van der Waals surface area contributed by atoms with E-state index in [2.05, 4.69) is 74.2 Å². The van der Waals surface area contributed by atoms with E-state index in [9.17, 15) is 4.79 Å². The van der Waals surface area contributed by atoms with Crippen molar-refractivity contribution >= 4 is 28.3 Å². The maximum Gasteiger partial charge on any atom is 0.254 e. The van der Waals surface area contributed by atoms with Crippen LogP contribution >= 0.6 is 0 Å². The van der Waals surface area contributed by atoms with E-state index < -0.39 is 5.60 Å². The van der Waals surface area contributed by atoms with Gasteiger partial charge >= 0.3 is 0 Å². The third-order valence-electron chi connectivity index (χ3n) is 8.29. The van der Waals surface area contributed by atoms with Crippen LogP contribution in [-0.4, -0.2) is 48.6 Å². The zero-order valence-electron chi connectivity index (χ0n) is 23.0. The number of nitrogens with two attached hydrogens (primary N) is 1. The second-order valence-electron chi connectivity index (χ2n) is 11.2. The van der Waals surface area contributed by atoms with Crippen LogP contribution in [0.2, 0.25) is 0 Å². The van der Waals surface area contributed by atoms with Crippen LogP contribution in [0.5, 0.6) is 0 Å². The Labute approximate surface area is 230 Å². The number of fused-ring (bicyclic) bond motifs is 1. The molecule has 1 aromatic heterocycles. The molecule has 4 aromatic rings. The number of likely N-dealkylation sites (tertiary alicyclic amines) is 1. The van der Waals surface area contributed by atoms with E-state index in [1.807, 2.05) is 23.1 Å². The number of aryl methyl sites for hydroxylation is 2. The zero-order valence-corrected chi connectivity index (χ0v) is 23.0. The molecule has 0 saturated carbocycles. The van der Waals surface area contributed by atoms with Gasteiger partial charge in [-0.15, -0.1) is 0 Å². The van der Waals surface area contributed by atoms with Gasteiger partial charge in [-0.25, -0.2) is 4.98 Å². The molecule has 0 spiro atoms. The first-order chi connectivity index (χ1) is 18.8. The minimum Gasteiger partial charge on any atom is -0.382 e. The van der Waals surface area contributed by atoms with Crippen LogP contribution in [0.3, 0.4) is 0 Å². The number of rotatable bonds is 4.